The number of aromatic nitrogens is 2. The van der Waals surface area contributed by atoms with Crippen molar-refractivity contribution in [1.29, 1.82) is 0 Å². The highest BCUT2D eigenvalue weighted by Gasteiger charge is 2.50. The van der Waals surface area contributed by atoms with Crippen molar-refractivity contribution in [2.24, 2.45) is 0 Å². The molecule has 2 atom stereocenters. The fraction of sp³-hybridized carbons (Fsp3) is 0.540. The Morgan fingerprint density at radius 1 is 0.938 bits per heavy atom. The summed E-state index contributed by atoms with van der Waals surface area (Å²) in [6.07, 6.45) is 9.95. The second-order valence-electron chi connectivity index (χ2n) is 20.0. The molecule has 13 nitrogen and oxygen atoms in total. The first kappa shape index (κ1) is 40.8. The van der Waals surface area contributed by atoms with Gasteiger partial charge < -0.3 is 14.4 Å². The number of nitrogens with zero attached hydrogens (tertiary/aromatic N) is 6. The van der Waals surface area contributed by atoms with E-state index in [1.54, 1.807) is 13.2 Å². The number of imide groups is 1. The van der Waals surface area contributed by atoms with E-state index in [0.29, 0.717) is 54.9 Å². The topological polar surface area (TPSA) is 130 Å². The molecule has 5 fully saturated rings. The molecule has 1 aromatic heterocycles. The predicted molar refractivity (Wildman–Crippen MR) is 241 cm³/mol. The zero-order valence-corrected chi connectivity index (χ0v) is 37.3. The molecule has 3 amide bonds. The summed E-state index contributed by atoms with van der Waals surface area (Å²) in [5.41, 5.74) is 7.50. The summed E-state index contributed by atoms with van der Waals surface area (Å²) in [6.45, 7) is 6.96. The SMILES string of the molecule is COC1c2ccc3c(c2CN1[C@H]1CCC(=O)NC1=O)OCC31CCN(CC(=O)N2CC(N3CCC(c4ccc5c(c4)C4(CCCCC4)c4nc(=O)c6c(Cl)cccc6n4-5)CC3)C2)CC1. The molecule has 1 unspecified atom stereocenters. The molecule has 4 saturated heterocycles. The van der Waals surface area contributed by atoms with Crippen LogP contribution in [0.15, 0.2) is 53.3 Å². The first-order chi connectivity index (χ1) is 31.1. The van der Waals surface area contributed by atoms with E-state index in [0.717, 1.165) is 125 Å². The van der Waals surface area contributed by atoms with Gasteiger partial charge in [0.1, 0.15) is 17.8 Å². The lowest BCUT2D eigenvalue weighted by molar-refractivity contribution is -0.143. The molecule has 4 aromatic rings. The van der Waals surface area contributed by atoms with E-state index in [-0.39, 0.29) is 40.3 Å². The van der Waals surface area contributed by atoms with E-state index in [4.69, 9.17) is 26.1 Å². The molecule has 2 spiro atoms. The summed E-state index contributed by atoms with van der Waals surface area (Å²) in [5.74, 6) is 2.03. The number of piperidine rings is 3. The molecular formula is C50H56ClN7O6. The quantitative estimate of drug-likeness (QED) is 0.242. The molecule has 334 valence electrons. The minimum Gasteiger partial charge on any atom is -0.492 e. The number of fused-ring (bicyclic) bond motifs is 11. The first-order valence-electron chi connectivity index (χ1n) is 23.7. The number of halogens is 1. The van der Waals surface area contributed by atoms with Crippen LogP contribution in [0.4, 0.5) is 0 Å². The highest BCUT2D eigenvalue weighted by atomic mass is 35.5. The van der Waals surface area contributed by atoms with Crippen LogP contribution in [-0.4, -0.2) is 118 Å². The molecule has 0 radical (unpaired) electrons. The van der Waals surface area contributed by atoms with E-state index < -0.39 is 6.04 Å². The van der Waals surface area contributed by atoms with Crippen molar-refractivity contribution in [2.45, 2.75) is 112 Å². The molecule has 1 aliphatic carbocycles. The Hall–Kier alpha value is -4.66. The number of hydrogen-bond acceptors (Lipinski definition) is 10. The summed E-state index contributed by atoms with van der Waals surface area (Å²) < 4.78 is 14.7. The van der Waals surface area contributed by atoms with Crippen LogP contribution in [0.25, 0.3) is 16.6 Å². The Morgan fingerprint density at radius 3 is 2.50 bits per heavy atom. The van der Waals surface area contributed by atoms with Crippen LogP contribution < -0.4 is 15.6 Å². The maximum atomic E-state index is 13.6. The van der Waals surface area contributed by atoms with Crippen molar-refractivity contribution in [2.75, 3.05) is 59.5 Å². The van der Waals surface area contributed by atoms with Gasteiger partial charge >= 0.3 is 0 Å². The lowest BCUT2D eigenvalue weighted by atomic mass is 9.69. The van der Waals surface area contributed by atoms with Crippen molar-refractivity contribution in [3.63, 3.8) is 0 Å². The van der Waals surface area contributed by atoms with E-state index in [1.807, 2.05) is 12.1 Å². The van der Waals surface area contributed by atoms with Gasteiger partial charge in [0.2, 0.25) is 17.7 Å². The predicted octanol–water partition coefficient (Wildman–Crippen LogP) is 5.68. The standard InChI is InChI=1S/C50H56ClN7O6/c1-63-47-33-9-10-35-44(34(33)27-57(47)40-12-13-41(59)52-45(40)61)64-29-49(35)18-22-54(23-19-49)28-42(60)56-25-32(26-56)55-20-14-30(15-21-55)31-8-11-38-36(24-31)50(16-3-2-4-17-50)48-53-46(62)43-37(51)6-5-7-39(43)58(38)48/h5-11,24,30,32,40,47H,2-4,12-23,25-29H2,1H3,(H,52,59,61)/t40-,47?/m0/s1. The number of hydrogen-bond donors (Lipinski definition) is 1. The smallest absolute Gasteiger partial charge is 0.282 e. The molecule has 12 rings (SSSR count). The lowest BCUT2D eigenvalue weighted by Crippen LogP contribution is -2.63. The molecule has 8 aliphatic rings. The van der Waals surface area contributed by atoms with Crippen molar-refractivity contribution in [3.05, 3.63) is 97.5 Å². The van der Waals surface area contributed by atoms with Crippen LogP contribution in [0.1, 0.15) is 116 Å². The number of carbonyl (C=O) groups excluding carboxylic acids is 3. The summed E-state index contributed by atoms with van der Waals surface area (Å²) >= 11 is 6.58. The minimum absolute atomic E-state index is 0.0911. The van der Waals surface area contributed by atoms with Gasteiger partial charge in [-0.05, 0) is 106 Å². The fourth-order valence-electron chi connectivity index (χ4n) is 13.2. The van der Waals surface area contributed by atoms with Crippen molar-refractivity contribution >= 4 is 40.2 Å². The van der Waals surface area contributed by atoms with E-state index in [1.165, 1.54) is 23.1 Å². The van der Waals surface area contributed by atoms with E-state index >= 15 is 0 Å². The van der Waals surface area contributed by atoms with Crippen LogP contribution >= 0.6 is 11.6 Å². The Morgan fingerprint density at radius 2 is 1.73 bits per heavy atom. The average Bonchev–Trinajstić information content (AvgIpc) is 3.92. The summed E-state index contributed by atoms with van der Waals surface area (Å²) in [5, 5.41) is 3.46. The number of methoxy groups -OCH3 is 1. The molecule has 14 heteroatoms. The average molecular weight is 886 g/mol. The van der Waals surface area contributed by atoms with Gasteiger partial charge in [0, 0.05) is 61.3 Å². The minimum atomic E-state index is -0.427. The van der Waals surface area contributed by atoms with E-state index in [2.05, 4.69) is 59.8 Å². The third kappa shape index (κ3) is 6.27. The van der Waals surface area contributed by atoms with Gasteiger partial charge in [-0.1, -0.05) is 61.2 Å². The van der Waals surface area contributed by atoms with Crippen LogP contribution in [0.3, 0.4) is 0 Å². The summed E-state index contributed by atoms with van der Waals surface area (Å²) in [4.78, 5) is 65.5. The van der Waals surface area contributed by atoms with Gasteiger partial charge in [-0.25, -0.2) is 0 Å². The number of amides is 3. The summed E-state index contributed by atoms with van der Waals surface area (Å²) in [7, 11) is 1.67. The van der Waals surface area contributed by atoms with Gasteiger partial charge in [-0.15, -0.1) is 0 Å². The third-order valence-electron chi connectivity index (χ3n) is 16.8. The highest BCUT2D eigenvalue weighted by molar-refractivity contribution is 6.35. The molecule has 3 aromatic carbocycles. The Labute approximate surface area is 378 Å². The Balaban J connectivity index is 0.655. The fourth-order valence-corrected chi connectivity index (χ4v) is 13.4. The van der Waals surface area contributed by atoms with Crippen LogP contribution in [0.5, 0.6) is 5.75 Å². The molecule has 1 saturated carbocycles. The third-order valence-corrected chi connectivity index (χ3v) is 17.1. The number of rotatable bonds is 6. The largest absolute Gasteiger partial charge is 0.492 e. The van der Waals surface area contributed by atoms with E-state index in [9.17, 15) is 19.2 Å². The normalized spacial score (nSPS) is 25.6. The van der Waals surface area contributed by atoms with Crippen LogP contribution in [0.2, 0.25) is 5.02 Å². The van der Waals surface area contributed by atoms with Gasteiger partial charge in [0.25, 0.3) is 5.56 Å². The second-order valence-corrected chi connectivity index (χ2v) is 20.4. The van der Waals surface area contributed by atoms with Gasteiger partial charge in [-0.3, -0.25) is 43.8 Å². The molecule has 0 bridgehead atoms. The monoisotopic (exact) mass is 885 g/mol. The summed E-state index contributed by atoms with van der Waals surface area (Å²) in [6, 6.07) is 17.1. The number of benzene rings is 3. The van der Waals surface area contributed by atoms with Crippen LogP contribution in [-0.2, 0) is 36.5 Å². The lowest BCUT2D eigenvalue weighted by Gasteiger charge is -2.48. The number of ether oxygens (including phenoxy) is 2. The maximum Gasteiger partial charge on any atom is 0.282 e. The number of likely N-dealkylation sites (tertiary alicyclic amines) is 3. The molecule has 7 aliphatic heterocycles. The van der Waals surface area contributed by atoms with Gasteiger partial charge in [0.15, 0.2) is 0 Å². The highest BCUT2D eigenvalue weighted by Crippen LogP contribution is 2.54. The molecule has 1 N–H and O–H groups in total. The van der Waals surface area contributed by atoms with Crippen molar-refractivity contribution < 1.29 is 23.9 Å². The molecule has 64 heavy (non-hydrogen) atoms. The van der Waals surface area contributed by atoms with Crippen molar-refractivity contribution in [1.82, 2.24) is 34.5 Å². The van der Waals surface area contributed by atoms with Gasteiger partial charge in [-0.2, -0.15) is 4.98 Å². The first-order valence-corrected chi connectivity index (χ1v) is 24.0. The molecular weight excluding hydrogens is 830 g/mol. The Bertz CT molecular complexity index is 2660. The second kappa shape index (κ2) is 15.5. The van der Waals surface area contributed by atoms with Gasteiger partial charge in [0.05, 0.1) is 46.2 Å². The van der Waals surface area contributed by atoms with Crippen molar-refractivity contribution in [3.8, 4) is 11.4 Å². The number of nitrogens with one attached hydrogen (secondary N) is 1. The maximum absolute atomic E-state index is 13.6. The molecule has 8 heterocycles. The van der Waals surface area contributed by atoms with Crippen LogP contribution in [0, 0.1) is 0 Å². The number of carbonyl (C=O) groups is 3. The zero-order chi connectivity index (χ0) is 43.5. The zero-order valence-electron chi connectivity index (χ0n) is 36.6. The Kier molecular flexibility index (Phi) is 9.87.